The van der Waals surface area contributed by atoms with E-state index in [2.05, 4.69) is 22.9 Å². The van der Waals surface area contributed by atoms with Gasteiger partial charge in [0, 0.05) is 22.6 Å². The third kappa shape index (κ3) is 3.41. The Balaban J connectivity index is 2.17. The summed E-state index contributed by atoms with van der Waals surface area (Å²) in [5.74, 6) is 0.577. The largest absolute Gasteiger partial charge is 0.336 e. The topological polar surface area (TPSA) is 46.3 Å². The van der Waals surface area contributed by atoms with Gasteiger partial charge in [0.1, 0.15) is 0 Å². The van der Waals surface area contributed by atoms with Crippen LogP contribution in [0.3, 0.4) is 0 Å². The molecular weight excluding hydrogens is 316 g/mol. The zero-order valence-electron chi connectivity index (χ0n) is 12.0. The molecule has 1 aromatic carbocycles. The van der Waals surface area contributed by atoms with E-state index in [-0.39, 0.29) is 5.91 Å². The number of hydrogen-bond donors (Lipinski definition) is 1. The number of nitrogens with zero attached hydrogens (tertiary/aromatic N) is 1. The molecule has 1 saturated carbocycles. The number of carbonyl (C=O) groups excluding carboxylic acids is 1. The Morgan fingerprint density at radius 2 is 1.95 bits per heavy atom. The molecule has 1 aromatic rings. The molecule has 0 aromatic heterocycles. The lowest BCUT2D eigenvalue weighted by atomic mass is 9.83. The fraction of sp³-hybridized carbons (Fsp3) is 0.562. The molecule has 2 atom stereocenters. The Labute approximate surface area is 129 Å². The SMILES string of the molecule is CCN(C(=O)c1ccc(Br)cc1)C1CCCCC1CN. The summed E-state index contributed by atoms with van der Waals surface area (Å²) >= 11 is 3.40. The molecule has 4 heteroatoms. The molecular formula is C16H23BrN2O. The number of amides is 1. The molecule has 0 radical (unpaired) electrons. The maximum atomic E-state index is 12.7. The highest BCUT2D eigenvalue weighted by atomic mass is 79.9. The fourth-order valence-corrected chi connectivity index (χ4v) is 3.42. The van der Waals surface area contributed by atoms with Crippen LogP contribution >= 0.6 is 15.9 Å². The van der Waals surface area contributed by atoms with Crippen molar-refractivity contribution >= 4 is 21.8 Å². The van der Waals surface area contributed by atoms with Crippen molar-refractivity contribution in [2.24, 2.45) is 11.7 Å². The molecule has 0 heterocycles. The molecule has 3 nitrogen and oxygen atoms in total. The molecule has 0 aliphatic heterocycles. The lowest BCUT2D eigenvalue weighted by Crippen LogP contribution is -2.48. The smallest absolute Gasteiger partial charge is 0.254 e. The number of hydrogen-bond acceptors (Lipinski definition) is 2. The van der Waals surface area contributed by atoms with Gasteiger partial charge >= 0.3 is 0 Å². The van der Waals surface area contributed by atoms with Crippen LogP contribution in [-0.2, 0) is 0 Å². The number of halogens is 1. The Hall–Kier alpha value is -0.870. The van der Waals surface area contributed by atoms with Gasteiger partial charge in [0.05, 0.1) is 0 Å². The molecule has 1 aliphatic rings. The van der Waals surface area contributed by atoms with Crippen molar-refractivity contribution in [3.8, 4) is 0 Å². The summed E-state index contributed by atoms with van der Waals surface area (Å²) in [7, 11) is 0. The van der Waals surface area contributed by atoms with Crippen LogP contribution in [0, 0.1) is 5.92 Å². The van der Waals surface area contributed by atoms with Crippen molar-refractivity contribution in [1.29, 1.82) is 0 Å². The second kappa shape index (κ2) is 7.23. The normalized spacial score (nSPS) is 22.6. The van der Waals surface area contributed by atoms with E-state index in [1.165, 1.54) is 12.8 Å². The molecule has 0 bridgehead atoms. The average molecular weight is 339 g/mol. The predicted octanol–water partition coefficient (Wildman–Crippen LogP) is 3.43. The minimum Gasteiger partial charge on any atom is -0.336 e. The van der Waals surface area contributed by atoms with Crippen molar-refractivity contribution in [2.75, 3.05) is 13.1 Å². The Morgan fingerprint density at radius 3 is 2.55 bits per heavy atom. The van der Waals surface area contributed by atoms with Gasteiger partial charge in [-0.25, -0.2) is 0 Å². The predicted molar refractivity (Wildman–Crippen MR) is 85.7 cm³/mol. The number of benzene rings is 1. The second-order valence-electron chi connectivity index (χ2n) is 5.45. The standard InChI is InChI=1S/C16H23BrN2O/c1-2-19(15-6-4-3-5-13(15)11-18)16(20)12-7-9-14(17)10-8-12/h7-10,13,15H,2-6,11,18H2,1H3. The van der Waals surface area contributed by atoms with Crippen molar-refractivity contribution in [3.63, 3.8) is 0 Å². The third-order valence-electron chi connectivity index (χ3n) is 4.26. The van der Waals surface area contributed by atoms with Crippen LogP contribution in [0.2, 0.25) is 0 Å². The van der Waals surface area contributed by atoms with E-state index in [1.54, 1.807) is 0 Å². The first-order valence-electron chi connectivity index (χ1n) is 7.44. The van der Waals surface area contributed by atoms with Crippen molar-refractivity contribution < 1.29 is 4.79 Å². The molecule has 0 spiro atoms. The zero-order valence-corrected chi connectivity index (χ0v) is 13.6. The third-order valence-corrected chi connectivity index (χ3v) is 4.79. The van der Waals surface area contributed by atoms with E-state index in [1.807, 2.05) is 29.2 Å². The molecule has 110 valence electrons. The highest BCUT2D eigenvalue weighted by molar-refractivity contribution is 9.10. The fourth-order valence-electron chi connectivity index (χ4n) is 3.16. The van der Waals surface area contributed by atoms with Crippen molar-refractivity contribution in [1.82, 2.24) is 4.90 Å². The summed E-state index contributed by atoms with van der Waals surface area (Å²) in [6.45, 7) is 3.48. The van der Waals surface area contributed by atoms with Crippen LogP contribution in [0.5, 0.6) is 0 Å². The van der Waals surface area contributed by atoms with Crippen LogP contribution in [0.15, 0.2) is 28.7 Å². The van der Waals surface area contributed by atoms with E-state index in [4.69, 9.17) is 5.73 Å². The maximum Gasteiger partial charge on any atom is 0.254 e. The minimum atomic E-state index is 0.130. The van der Waals surface area contributed by atoms with Gasteiger partial charge in [0.15, 0.2) is 0 Å². The number of carbonyl (C=O) groups is 1. The highest BCUT2D eigenvalue weighted by Gasteiger charge is 2.31. The molecule has 2 unspecified atom stereocenters. The van der Waals surface area contributed by atoms with Gasteiger partial charge in [-0.2, -0.15) is 0 Å². The Morgan fingerprint density at radius 1 is 1.30 bits per heavy atom. The van der Waals surface area contributed by atoms with Crippen LogP contribution in [0.4, 0.5) is 0 Å². The van der Waals surface area contributed by atoms with Crippen LogP contribution in [-0.4, -0.2) is 29.9 Å². The molecule has 1 fully saturated rings. The van der Waals surface area contributed by atoms with E-state index in [9.17, 15) is 4.79 Å². The second-order valence-corrected chi connectivity index (χ2v) is 6.36. The van der Waals surface area contributed by atoms with Gasteiger partial charge in [-0.05, 0) is 56.5 Å². The van der Waals surface area contributed by atoms with Crippen molar-refractivity contribution in [3.05, 3.63) is 34.3 Å². The molecule has 0 saturated heterocycles. The lowest BCUT2D eigenvalue weighted by molar-refractivity contribution is 0.0560. The average Bonchev–Trinajstić information content (AvgIpc) is 2.49. The number of rotatable bonds is 4. The van der Waals surface area contributed by atoms with Gasteiger partial charge in [0.25, 0.3) is 5.91 Å². The van der Waals surface area contributed by atoms with E-state index in [0.29, 0.717) is 18.5 Å². The van der Waals surface area contributed by atoms with Crippen molar-refractivity contribution in [2.45, 2.75) is 38.6 Å². The number of nitrogens with two attached hydrogens (primary N) is 1. The minimum absolute atomic E-state index is 0.130. The summed E-state index contributed by atoms with van der Waals surface area (Å²) in [5.41, 5.74) is 6.66. The summed E-state index contributed by atoms with van der Waals surface area (Å²) in [5, 5.41) is 0. The summed E-state index contributed by atoms with van der Waals surface area (Å²) in [4.78, 5) is 14.7. The maximum absolute atomic E-state index is 12.7. The van der Waals surface area contributed by atoms with Gasteiger partial charge in [-0.15, -0.1) is 0 Å². The molecule has 1 amide bonds. The first-order chi connectivity index (χ1) is 9.67. The molecule has 2 rings (SSSR count). The summed E-state index contributed by atoms with van der Waals surface area (Å²) in [6.07, 6.45) is 4.66. The van der Waals surface area contributed by atoms with E-state index >= 15 is 0 Å². The zero-order chi connectivity index (χ0) is 14.5. The lowest BCUT2D eigenvalue weighted by Gasteiger charge is -2.39. The first-order valence-corrected chi connectivity index (χ1v) is 8.23. The Bertz CT molecular complexity index is 446. The molecule has 2 N–H and O–H groups in total. The van der Waals surface area contributed by atoms with Crippen LogP contribution in [0.1, 0.15) is 43.0 Å². The van der Waals surface area contributed by atoms with E-state index < -0.39 is 0 Å². The summed E-state index contributed by atoms with van der Waals surface area (Å²) in [6, 6.07) is 7.91. The highest BCUT2D eigenvalue weighted by Crippen LogP contribution is 2.29. The van der Waals surface area contributed by atoms with Gasteiger partial charge in [-0.3, -0.25) is 4.79 Å². The molecule has 1 aliphatic carbocycles. The quantitative estimate of drug-likeness (QED) is 0.914. The summed E-state index contributed by atoms with van der Waals surface area (Å²) < 4.78 is 0.995. The van der Waals surface area contributed by atoms with Crippen LogP contribution in [0.25, 0.3) is 0 Å². The van der Waals surface area contributed by atoms with E-state index in [0.717, 1.165) is 29.4 Å². The molecule has 20 heavy (non-hydrogen) atoms. The Kier molecular flexibility index (Phi) is 5.61. The monoisotopic (exact) mass is 338 g/mol. The van der Waals surface area contributed by atoms with Gasteiger partial charge < -0.3 is 10.6 Å². The van der Waals surface area contributed by atoms with Gasteiger partial charge in [-0.1, -0.05) is 28.8 Å². The van der Waals surface area contributed by atoms with Gasteiger partial charge in [0.2, 0.25) is 0 Å². The first kappa shape index (κ1) is 15.5. The van der Waals surface area contributed by atoms with Crippen LogP contribution < -0.4 is 5.73 Å².